The van der Waals surface area contributed by atoms with Gasteiger partial charge in [0.15, 0.2) is 0 Å². The van der Waals surface area contributed by atoms with E-state index in [0.717, 1.165) is 35.1 Å². The number of hydrogen-bond donors (Lipinski definition) is 1. The molecular formula is C17H22O3. The molecule has 0 bridgehead atoms. The number of aliphatic hydroxyl groups is 1. The summed E-state index contributed by atoms with van der Waals surface area (Å²) in [7, 11) is 0. The molecular weight excluding hydrogens is 252 g/mol. The third-order valence-corrected chi connectivity index (χ3v) is 3.18. The lowest BCUT2D eigenvalue weighted by Crippen LogP contribution is -2.09. The highest BCUT2D eigenvalue weighted by Gasteiger charge is 2.12. The number of hydrogen-bond acceptors (Lipinski definition) is 3. The minimum atomic E-state index is -0.550. The molecule has 2 rings (SSSR count). The molecule has 0 aromatic heterocycles. The zero-order chi connectivity index (χ0) is 14.4. The number of ether oxygens (including phenoxy) is 2. The molecule has 0 unspecified atom stereocenters. The number of rotatable bonds is 7. The molecule has 1 N–H and O–H groups in total. The molecule has 0 aliphatic heterocycles. The molecule has 20 heavy (non-hydrogen) atoms. The predicted molar refractivity (Wildman–Crippen MR) is 81.2 cm³/mol. The van der Waals surface area contributed by atoms with Gasteiger partial charge in [-0.1, -0.05) is 43.3 Å². The standard InChI is InChI=1S/C17H22O3/c1-3-10-19-11-12-20-17-15(13(2)18)9-8-14-6-4-5-7-16(14)17/h4-9,13,18H,3,10-12H2,1-2H3/t13-/m0/s1. The molecule has 0 fully saturated rings. The lowest BCUT2D eigenvalue weighted by Gasteiger charge is -2.16. The van der Waals surface area contributed by atoms with E-state index in [1.165, 1.54) is 0 Å². The van der Waals surface area contributed by atoms with E-state index in [9.17, 15) is 5.11 Å². The summed E-state index contributed by atoms with van der Waals surface area (Å²) >= 11 is 0. The molecule has 1 atom stereocenters. The molecule has 0 saturated heterocycles. The van der Waals surface area contributed by atoms with E-state index < -0.39 is 6.10 Å². The molecule has 3 nitrogen and oxygen atoms in total. The maximum atomic E-state index is 9.89. The molecule has 2 aromatic rings. The summed E-state index contributed by atoms with van der Waals surface area (Å²) in [4.78, 5) is 0. The Kier molecular flexibility index (Phi) is 5.39. The molecule has 0 amide bonds. The minimum absolute atomic E-state index is 0.494. The topological polar surface area (TPSA) is 38.7 Å². The van der Waals surface area contributed by atoms with E-state index in [1.807, 2.05) is 36.4 Å². The highest BCUT2D eigenvalue weighted by molar-refractivity contribution is 5.89. The van der Waals surface area contributed by atoms with Crippen LogP contribution in [0.15, 0.2) is 36.4 Å². The van der Waals surface area contributed by atoms with Crippen LogP contribution in [0.3, 0.4) is 0 Å². The lowest BCUT2D eigenvalue weighted by molar-refractivity contribution is 0.0992. The summed E-state index contributed by atoms with van der Waals surface area (Å²) in [5.74, 6) is 0.762. The van der Waals surface area contributed by atoms with Crippen molar-refractivity contribution in [3.8, 4) is 5.75 Å². The van der Waals surface area contributed by atoms with Crippen molar-refractivity contribution < 1.29 is 14.6 Å². The third-order valence-electron chi connectivity index (χ3n) is 3.18. The van der Waals surface area contributed by atoms with Gasteiger partial charge in [-0.3, -0.25) is 0 Å². The van der Waals surface area contributed by atoms with E-state index >= 15 is 0 Å². The fourth-order valence-electron chi connectivity index (χ4n) is 2.20. The van der Waals surface area contributed by atoms with E-state index in [4.69, 9.17) is 9.47 Å². The summed E-state index contributed by atoms with van der Waals surface area (Å²) in [5.41, 5.74) is 0.819. The van der Waals surface area contributed by atoms with E-state index in [0.29, 0.717) is 13.2 Å². The summed E-state index contributed by atoms with van der Waals surface area (Å²) in [6.07, 6.45) is 0.457. The van der Waals surface area contributed by atoms with Gasteiger partial charge in [-0.15, -0.1) is 0 Å². The Morgan fingerprint density at radius 1 is 1.05 bits per heavy atom. The second-order valence-electron chi connectivity index (χ2n) is 4.84. The Balaban J connectivity index is 2.21. The Bertz CT molecular complexity index is 549. The first-order valence-corrected chi connectivity index (χ1v) is 7.14. The van der Waals surface area contributed by atoms with Crippen molar-refractivity contribution in [3.05, 3.63) is 42.0 Å². The van der Waals surface area contributed by atoms with Gasteiger partial charge in [0, 0.05) is 17.6 Å². The molecule has 0 spiro atoms. The van der Waals surface area contributed by atoms with Crippen molar-refractivity contribution in [1.82, 2.24) is 0 Å². The van der Waals surface area contributed by atoms with Crippen molar-refractivity contribution >= 4 is 10.8 Å². The maximum Gasteiger partial charge on any atom is 0.133 e. The molecule has 108 valence electrons. The van der Waals surface area contributed by atoms with Gasteiger partial charge in [-0.2, -0.15) is 0 Å². The highest BCUT2D eigenvalue weighted by Crippen LogP contribution is 2.33. The van der Waals surface area contributed by atoms with Crippen LogP contribution in [-0.4, -0.2) is 24.9 Å². The summed E-state index contributed by atoms with van der Waals surface area (Å²) in [5, 5.41) is 12.0. The average Bonchev–Trinajstić information content (AvgIpc) is 2.46. The Morgan fingerprint density at radius 2 is 1.85 bits per heavy atom. The van der Waals surface area contributed by atoms with E-state index in [-0.39, 0.29) is 0 Å². The second-order valence-corrected chi connectivity index (χ2v) is 4.84. The van der Waals surface area contributed by atoms with Crippen LogP contribution in [-0.2, 0) is 4.74 Å². The average molecular weight is 274 g/mol. The molecule has 0 heterocycles. The smallest absolute Gasteiger partial charge is 0.133 e. The molecule has 0 aliphatic rings. The van der Waals surface area contributed by atoms with Crippen LogP contribution in [0.25, 0.3) is 10.8 Å². The number of aliphatic hydroxyl groups excluding tert-OH is 1. The van der Waals surface area contributed by atoms with Crippen molar-refractivity contribution in [1.29, 1.82) is 0 Å². The van der Waals surface area contributed by atoms with E-state index in [1.54, 1.807) is 6.92 Å². The van der Waals surface area contributed by atoms with Crippen LogP contribution < -0.4 is 4.74 Å². The first-order chi connectivity index (χ1) is 9.74. The number of benzene rings is 2. The fourth-order valence-corrected chi connectivity index (χ4v) is 2.20. The van der Waals surface area contributed by atoms with Crippen LogP contribution in [0.5, 0.6) is 5.75 Å². The SMILES string of the molecule is CCCOCCOc1c([C@H](C)O)ccc2ccccc12. The molecule has 0 saturated carbocycles. The Labute approximate surface area is 120 Å². The molecule has 3 heteroatoms. The second kappa shape index (κ2) is 7.27. The van der Waals surface area contributed by atoms with Crippen molar-refractivity contribution in [2.24, 2.45) is 0 Å². The zero-order valence-corrected chi connectivity index (χ0v) is 12.1. The van der Waals surface area contributed by atoms with Crippen molar-refractivity contribution in [3.63, 3.8) is 0 Å². The van der Waals surface area contributed by atoms with Gasteiger partial charge in [-0.05, 0) is 18.7 Å². The highest BCUT2D eigenvalue weighted by atomic mass is 16.5. The summed E-state index contributed by atoms with van der Waals surface area (Å²) < 4.78 is 11.3. The van der Waals surface area contributed by atoms with Crippen LogP contribution in [0.1, 0.15) is 31.9 Å². The van der Waals surface area contributed by atoms with Crippen LogP contribution in [0.2, 0.25) is 0 Å². The van der Waals surface area contributed by atoms with Crippen LogP contribution in [0.4, 0.5) is 0 Å². The van der Waals surface area contributed by atoms with Gasteiger partial charge in [0.2, 0.25) is 0 Å². The molecule has 0 aliphatic carbocycles. The molecule has 0 radical (unpaired) electrons. The first-order valence-electron chi connectivity index (χ1n) is 7.14. The lowest BCUT2D eigenvalue weighted by atomic mass is 10.0. The maximum absolute atomic E-state index is 9.89. The quantitative estimate of drug-likeness (QED) is 0.782. The Hall–Kier alpha value is -1.58. The number of fused-ring (bicyclic) bond motifs is 1. The van der Waals surface area contributed by atoms with Crippen LogP contribution >= 0.6 is 0 Å². The van der Waals surface area contributed by atoms with Crippen molar-refractivity contribution in [2.75, 3.05) is 19.8 Å². The van der Waals surface area contributed by atoms with Gasteiger partial charge in [-0.25, -0.2) is 0 Å². The van der Waals surface area contributed by atoms with Gasteiger partial charge >= 0.3 is 0 Å². The first kappa shape index (κ1) is 14.8. The predicted octanol–water partition coefficient (Wildman–Crippen LogP) is 3.70. The normalized spacial score (nSPS) is 12.6. The van der Waals surface area contributed by atoms with Crippen LogP contribution in [0, 0.1) is 0 Å². The Morgan fingerprint density at radius 3 is 2.60 bits per heavy atom. The van der Waals surface area contributed by atoms with E-state index in [2.05, 4.69) is 6.92 Å². The largest absolute Gasteiger partial charge is 0.490 e. The monoisotopic (exact) mass is 274 g/mol. The third kappa shape index (κ3) is 3.50. The van der Waals surface area contributed by atoms with Gasteiger partial charge < -0.3 is 14.6 Å². The van der Waals surface area contributed by atoms with Gasteiger partial charge in [0.05, 0.1) is 12.7 Å². The summed E-state index contributed by atoms with van der Waals surface area (Å²) in [6, 6.07) is 12.0. The van der Waals surface area contributed by atoms with Gasteiger partial charge in [0.1, 0.15) is 12.4 Å². The van der Waals surface area contributed by atoms with Gasteiger partial charge in [0.25, 0.3) is 0 Å². The fraction of sp³-hybridized carbons (Fsp3) is 0.412. The summed E-state index contributed by atoms with van der Waals surface area (Å²) in [6.45, 7) is 5.65. The van der Waals surface area contributed by atoms with Crippen molar-refractivity contribution in [2.45, 2.75) is 26.4 Å². The minimum Gasteiger partial charge on any atom is -0.490 e. The molecule has 2 aromatic carbocycles. The zero-order valence-electron chi connectivity index (χ0n) is 12.1.